The summed E-state index contributed by atoms with van der Waals surface area (Å²) in [4.78, 5) is 11.9. The Morgan fingerprint density at radius 1 is 1.27 bits per heavy atom. The van der Waals surface area contributed by atoms with E-state index < -0.39 is 39.4 Å². The van der Waals surface area contributed by atoms with E-state index in [0.717, 1.165) is 0 Å². The van der Waals surface area contributed by atoms with E-state index in [2.05, 4.69) is 0 Å². The van der Waals surface area contributed by atoms with Crippen LogP contribution in [0.3, 0.4) is 0 Å². The van der Waals surface area contributed by atoms with Crippen molar-refractivity contribution in [3.8, 4) is 0 Å². The number of methoxy groups -OCH3 is 2. The SMILES string of the molecule is COC1(OC)CC2CC(C(O)CS(=O)(=O)c3ccccc3)=C(C(=O)O)C21. The number of aliphatic hydroxyl groups excluding tert-OH is 1. The zero-order valence-electron chi connectivity index (χ0n) is 14.6. The van der Waals surface area contributed by atoms with Crippen molar-refractivity contribution in [2.45, 2.75) is 29.6 Å². The van der Waals surface area contributed by atoms with Crippen LogP contribution in [0.2, 0.25) is 0 Å². The number of ether oxygens (including phenoxy) is 2. The maximum atomic E-state index is 12.5. The van der Waals surface area contributed by atoms with Gasteiger partial charge in [-0.3, -0.25) is 0 Å². The largest absolute Gasteiger partial charge is 0.478 e. The van der Waals surface area contributed by atoms with Crippen LogP contribution in [0.5, 0.6) is 0 Å². The van der Waals surface area contributed by atoms with Crippen molar-refractivity contribution in [2.75, 3.05) is 20.0 Å². The Balaban J connectivity index is 1.91. The van der Waals surface area contributed by atoms with Gasteiger partial charge >= 0.3 is 5.97 Å². The van der Waals surface area contributed by atoms with Gasteiger partial charge in [0, 0.05) is 32.1 Å². The van der Waals surface area contributed by atoms with E-state index in [-0.39, 0.29) is 22.0 Å². The molecule has 26 heavy (non-hydrogen) atoms. The molecule has 0 amide bonds. The average Bonchev–Trinajstić information content (AvgIpc) is 2.92. The molecule has 3 rings (SSSR count). The van der Waals surface area contributed by atoms with Gasteiger partial charge in [0.05, 0.1) is 16.8 Å². The number of carbonyl (C=O) groups is 1. The molecule has 0 aromatic heterocycles. The number of aliphatic hydroxyl groups is 1. The number of hydrogen-bond acceptors (Lipinski definition) is 6. The fourth-order valence-corrected chi connectivity index (χ4v) is 5.55. The number of fused-ring (bicyclic) bond motifs is 1. The van der Waals surface area contributed by atoms with Crippen molar-refractivity contribution in [2.24, 2.45) is 11.8 Å². The molecule has 1 fully saturated rings. The molecular weight excluding hydrogens is 360 g/mol. The zero-order chi connectivity index (χ0) is 19.1. The van der Waals surface area contributed by atoms with Gasteiger partial charge in [-0.1, -0.05) is 18.2 Å². The Labute approximate surface area is 152 Å². The molecule has 2 N–H and O–H groups in total. The highest BCUT2D eigenvalue weighted by Gasteiger charge is 2.62. The number of carboxylic acids is 1. The van der Waals surface area contributed by atoms with E-state index in [1.54, 1.807) is 18.2 Å². The highest BCUT2D eigenvalue weighted by Crippen LogP contribution is 2.58. The van der Waals surface area contributed by atoms with Gasteiger partial charge in [-0.2, -0.15) is 0 Å². The van der Waals surface area contributed by atoms with Crippen LogP contribution >= 0.6 is 0 Å². The second kappa shape index (κ2) is 6.77. The smallest absolute Gasteiger partial charge is 0.332 e. The second-order valence-electron chi connectivity index (χ2n) is 6.72. The molecule has 2 aliphatic carbocycles. The number of carboxylic acid groups (broad SMARTS) is 1. The molecule has 3 unspecified atom stereocenters. The van der Waals surface area contributed by atoms with Gasteiger partial charge in [-0.05, 0) is 30.0 Å². The van der Waals surface area contributed by atoms with Crippen molar-refractivity contribution >= 4 is 15.8 Å². The summed E-state index contributed by atoms with van der Waals surface area (Å²) in [5.41, 5.74) is 0.267. The van der Waals surface area contributed by atoms with Gasteiger partial charge in [0.1, 0.15) is 0 Å². The number of sulfone groups is 1. The van der Waals surface area contributed by atoms with Crippen molar-refractivity contribution in [3.63, 3.8) is 0 Å². The fraction of sp³-hybridized carbons (Fsp3) is 0.500. The molecule has 0 aliphatic heterocycles. The molecule has 7 nitrogen and oxygen atoms in total. The van der Waals surface area contributed by atoms with Crippen molar-refractivity contribution in [1.29, 1.82) is 0 Å². The molecular formula is C18H22O7S. The normalized spacial score (nSPS) is 25.5. The van der Waals surface area contributed by atoms with Gasteiger partial charge in [0.15, 0.2) is 15.6 Å². The van der Waals surface area contributed by atoms with Crippen LogP contribution in [0.4, 0.5) is 0 Å². The summed E-state index contributed by atoms with van der Waals surface area (Å²) < 4.78 is 35.8. The number of aliphatic carboxylic acids is 1. The molecule has 142 valence electrons. The average molecular weight is 382 g/mol. The van der Waals surface area contributed by atoms with Gasteiger partial charge in [-0.25, -0.2) is 13.2 Å². The third-order valence-corrected chi connectivity index (χ3v) is 7.18. The summed E-state index contributed by atoms with van der Waals surface area (Å²) in [6.45, 7) is 0. The number of rotatable bonds is 7. The van der Waals surface area contributed by atoms with Crippen LogP contribution in [0.25, 0.3) is 0 Å². The summed E-state index contributed by atoms with van der Waals surface area (Å²) in [6.07, 6.45) is -0.557. The van der Waals surface area contributed by atoms with Crippen molar-refractivity contribution < 1.29 is 32.9 Å². The maximum absolute atomic E-state index is 12.5. The second-order valence-corrected chi connectivity index (χ2v) is 8.75. The van der Waals surface area contributed by atoms with Crippen LogP contribution in [-0.4, -0.2) is 56.5 Å². The minimum Gasteiger partial charge on any atom is -0.478 e. The Bertz CT molecular complexity index is 824. The molecule has 1 aromatic carbocycles. The van der Waals surface area contributed by atoms with Crippen molar-refractivity contribution in [3.05, 3.63) is 41.5 Å². The fourth-order valence-electron chi connectivity index (χ4n) is 4.17. The van der Waals surface area contributed by atoms with E-state index in [0.29, 0.717) is 12.8 Å². The molecule has 1 saturated carbocycles. The van der Waals surface area contributed by atoms with Gasteiger partial charge in [-0.15, -0.1) is 0 Å². The van der Waals surface area contributed by atoms with E-state index in [1.807, 2.05) is 0 Å². The minimum absolute atomic E-state index is 0.0145. The molecule has 0 spiro atoms. The molecule has 1 aromatic rings. The Hall–Kier alpha value is -1.74. The summed E-state index contributed by atoms with van der Waals surface area (Å²) in [6, 6.07) is 7.80. The Morgan fingerprint density at radius 3 is 2.42 bits per heavy atom. The molecule has 8 heteroatoms. The lowest BCUT2D eigenvalue weighted by Gasteiger charge is -2.50. The summed E-state index contributed by atoms with van der Waals surface area (Å²) in [5.74, 6) is -3.32. The molecule has 0 bridgehead atoms. The lowest BCUT2D eigenvalue weighted by atomic mass is 9.67. The zero-order valence-corrected chi connectivity index (χ0v) is 15.4. The predicted molar refractivity (Wildman–Crippen MR) is 92.1 cm³/mol. The maximum Gasteiger partial charge on any atom is 0.332 e. The molecule has 3 atom stereocenters. The molecule has 0 heterocycles. The third kappa shape index (κ3) is 2.96. The van der Waals surface area contributed by atoms with Gasteiger partial charge in [0.25, 0.3) is 0 Å². The predicted octanol–water partition coefficient (Wildman–Crippen LogP) is 1.23. The topological polar surface area (TPSA) is 110 Å². The van der Waals surface area contributed by atoms with Gasteiger partial charge < -0.3 is 19.7 Å². The van der Waals surface area contributed by atoms with E-state index in [1.165, 1.54) is 26.4 Å². The molecule has 0 saturated heterocycles. The van der Waals surface area contributed by atoms with E-state index >= 15 is 0 Å². The van der Waals surface area contributed by atoms with E-state index in [4.69, 9.17) is 9.47 Å². The lowest BCUT2D eigenvalue weighted by molar-refractivity contribution is -0.297. The summed E-state index contributed by atoms with van der Waals surface area (Å²) >= 11 is 0. The Morgan fingerprint density at radius 2 is 1.88 bits per heavy atom. The van der Waals surface area contributed by atoms with Crippen LogP contribution in [0.1, 0.15) is 12.8 Å². The Kier molecular flexibility index (Phi) is 4.96. The highest BCUT2D eigenvalue weighted by atomic mass is 32.2. The first-order chi connectivity index (χ1) is 12.3. The first kappa shape index (κ1) is 19.0. The summed E-state index contributed by atoms with van der Waals surface area (Å²) in [7, 11) is -0.836. The van der Waals surface area contributed by atoms with Crippen LogP contribution in [-0.2, 0) is 24.1 Å². The van der Waals surface area contributed by atoms with E-state index in [9.17, 15) is 23.4 Å². The third-order valence-electron chi connectivity index (χ3n) is 5.43. The first-order valence-corrected chi connectivity index (χ1v) is 9.93. The van der Waals surface area contributed by atoms with Crippen LogP contribution in [0, 0.1) is 11.8 Å². The minimum atomic E-state index is -3.74. The number of hydrogen-bond donors (Lipinski definition) is 2. The van der Waals surface area contributed by atoms with Crippen LogP contribution < -0.4 is 0 Å². The summed E-state index contributed by atoms with van der Waals surface area (Å²) in [5, 5.41) is 20.2. The number of benzene rings is 1. The monoisotopic (exact) mass is 382 g/mol. The highest BCUT2D eigenvalue weighted by molar-refractivity contribution is 7.91. The van der Waals surface area contributed by atoms with Crippen LogP contribution in [0.15, 0.2) is 46.4 Å². The standard InChI is InChI=1S/C18H22O7S/c1-24-18(25-2)9-11-8-13(15(16(11)18)17(20)21)14(19)10-26(22,23)12-6-4-3-5-7-12/h3-7,11,14,16,19H,8-10H2,1-2H3,(H,20,21). The quantitative estimate of drug-likeness (QED) is 0.683. The molecule has 0 radical (unpaired) electrons. The van der Waals surface area contributed by atoms with Crippen molar-refractivity contribution in [1.82, 2.24) is 0 Å². The first-order valence-electron chi connectivity index (χ1n) is 8.28. The molecule has 2 aliphatic rings. The lowest BCUT2D eigenvalue weighted by Crippen LogP contribution is -2.56. The van der Waals surface area contributed by atoms with Gasteiger partial charge in [0.2, 0.25) is 0 Å².